The summed E-state index contributed by atoms with van der Waals surface area (Å²) < 4.78 is 33.2. The van der Waals surface area contributed by atoms with Gasteiger partial charge in [-0.2, -0.15) is 0 Å². The molecule has 0 spiro atoms. The number of hydrogen-bond acceptors (Lipinski definition) is 7. The second-order valence-electron chi connectivity index (χ2n) is 6.98. The van der Waals surface area contributed by atoms with Crippen LogP contribution in [0.5, 0.6) is 11.5 Å². The van der Waals surface area contributed by atoms with Crippen molar-refractivity contribution < 1.29 is 28.4 Å². The molecule has 0 N–H and O–H groups in total. The van der Waals surface area contributed by atoms with Gasteiger partial charge in [0.05, 0.1) is 44.3 Å². The average Bonchev–Trinajstić information content (AvgIpc) is 3.48. The highest BCUT2D eigenvalue weighted by molar-refractivity contribution is 5.61. The van der Waals surface area contributed by atoms with Gasteiger partial charge in [-0.25, -0.2) is 0 Å². The Kier molecular flexibility index (Phi) is 4.17. The van der Waals surface area contributed by atoms with Crippen LogP contribution in [0.1, 0.15) is 0 Å². The minimum atomic E-state index is 0.212. The Morgan fingerprint density at radius 1 is 0.800 bits per heavy atom. The third kappa shape index (κ3) is 4.55. The van der Waals surface area contributed by atoms with Crippen LogP contribution in [0, 0.1) is 0 Å². The predicted molar refractivity (Wildman–Crippen MR) is 88.6 cm³/mol. The summed E-state index contributed by atoms with van der Waals surface area (Å²) in [6.07, 6.45) is 1.06. The molecule has 5 rings (SSSR count). The van der Waals surface area contributed by atoms with E-state index in [1.54, 1.807) is 0 Å². The third-order valence-corrected chi connectivity index (χ3v) is 4.59. The SMILES string of the molecule is c1cc(N(CC2CO2)CC2CO2)c(OCC2CO2)cc1OCC1CO1. The monoisotopic (exact) mass is 349 g/mol. The molecule has 0 bridgehead atoms. The summed E-state index contributed by atoms with van der Waals surface area (Å²) in [5, 5.41) is 0. The molecule has 0 aromatic heterocycles. The molecule has 25 heavy (non-hydrogen) atoms. The van der Waals surface area contributed by atoms with Crippen molar-refractivity contribution >= 4 is 5.69 Å². The van der Waals surface area contributed by atoms with E-state index in [2.05, 4.69) is 11.0 Å². The number of nitrogens with zero attached hydrogens (tertiary/aromatic N) is 1. The van der Waals surface area contributed by atoms with E-state index in [9.17, 15) is 0 Å². The van der Waals surface area contributed by atoms with Crippen molar-refractivity contribution in [1.29, 1.82) is 0 Å². The highest BCUT2D eigenvalue weighted by atomic mass is 16.6. The highest BCUT2D eigenvalue weighted by Gasteiger charge is 2.32. The zero-order valence-corrected chi connectivity index (χ0v) is 14.1. The van der Waals surface area contributed by atoms with Crippen LogP contribution in [0.4, 0.5) is 5.69 Å². The molecule has 0 aliphatic carbocycles. The molecule has 136 valence electrons. The Bertz CT molecular complexity index is 596. The molecule has 4 aliphatic heterocycles. The largest absolute Gasteiger partial charge is 0.491 e. The molecule has 4 fully saturated rings. The third-order valence-electron chi connectivity index (χ3n) is 4.59. The zero-order chi connectivity index (χ0) is 16.6. The Labute approximate surface area is 146 Å². The van der Waals surface area contributed by atoms with Gasteiger partial charge < -0.3 is 33.3 Å². The number of ether oxygens (including phenoxy) is 6. The van der Waals surface area contributed by atoms with Crippen molar-refractivity contribution in [2.75, 3.05) is 57.6 Å². The first-order chi connectivity index (χ1) is 12.3. The lowest BCUT2D eigenvalue weighted by atomic mass is 10.2. The number of benzene rings is 1. The lowest BCUT2D eigenvalue weighted by Crippen LogP contribution is -2.32. The fourth-order valence-electron chi connectivity index (χ4n) is 2.77. The molecular weight excluding hydrogens is 326 g/mol. The first-order valence-corrected chi connectivity index (χ1v) is 8.94. The first-order valence-electron chi connectivity index (χ1n) is 8.94. The van der Waals surface area contributed by atoms with Gasteiger partial charge in [-0.1, -0.05) is 0 Å². The van der Waals surface area contributed by atoms with E-state index in [1.807, 2.05) is 12.1 Å². The van der Waals surface area contributed by atoms with E-state index in [0.29, 0.717) is 25.4 Å². The highest BCUT2D eigenvalue weighted by Crippen LogP contribution is 2.35. The number of epoxide rings is 4. The van der Waals surface area contributed by atoms with Gasteiger partial charge in [0.25, 0.3) is 0 Å². The van der Waals surface area contributed by atoms with Crippen molar-refractivity contribution in [3.8, 4) is 11.5 Å². The lowest BCUT2D eigenvalue weighted by Gasteiger charge is -2.26. The van der Waals surface area contributed by atoms with Crippen LogP contribution in [-0.2, 0) is 18.9 Å². The van der Waals surface area contributed by atoms with Crippen LogP contribution >= 0.6 is 0 Å². The summed E-state index contributed by atoms with van der Waals surface area (Å²) >= 11 is 0. The quantitative estimate of drug-likeness (QED) is 0.548. The molecule has 0 radical (unpaired) electrons. The van der Waals surface area contributed by atoms with Crippen LogP contribution in [-0.4, -0.2) is 77.1 Å². The molecule has 4 saturated heterocycles. The van der Waals surface area contributed by atoms with E-state index < -0.39 is 0 Å². The standard InChI is InChI=1S/C18H23NO6/c1-2-17(19(4-13-6-21-13)5-14-7-22-14)18(25-11-16-10-24-16)3-12(1)20-8-15-9-23-15/h1-3,13-16H,4-11H2. The Morgan fingerprint density at radius 3 is 1.92 bits per heavy atom. The summed E-state index contributed by atoms with van der Waals surface area (Å²) in [5.74, 6) is 1.63. The lowest BCUT2D eigenvalue weighted by molar-refractivity contribution is 0.252. The minimum absolute atomic E-state index is 0.212. The van der Waals surface area contributed by atoms with Crippen LogP contribution in [0.25, 0.3) is 0 Å². The van der Waals surface area contributed by atoms with Gasteiger partial charge in [0.1, 0.15) is 36.9 Å². The number of rotatable bonds is 11. The summed E-state index contributed by atoms with van der Waals surface area (Å²) in [4.78, 5) is 2.30. The molecule has 4 unspecified atom stereocenters. The second kappa shape index (κ2) is 6.64. The molecule has 0 saturated carbocycles. The summed E-state index contributed by atoms with van der Waals surface area (Å²) in [6, 6.07) is 6.03. The van der Waals surface area contributed by atoms with Gasteiger partial charge in [-0.15, -0.1) is 0 Å². The van der Waals surface area contributed by atoms with Crippen LogP contribution in [0.3, 0.4) is 0 Å². The number of hydrogen-bond donors (Lipinski definition) is 0. The normalized spacial score (nSPS) is 31.4. The van der Waals surface area contributed by atoms with E-state index >= 15 is 0 Å². The van der Waals surface area contributed by atoms with Crippen molar-refractivity contribution in [1.82, 2.24) is 0 Å². The van der Waals surface area contributed by atoms with Crippen molar-refractivity contribution in [2.45, 2.75) is 24.4 Å². The van der Waals surface area contributed by atoms with Gasteiger partial charge in [-0.05, 0) is 12.1 Å². The molecule has 7 nitrogen and oxygen atoms in total. The van der Waals surface area contributed by atoms with Crippen LogP contribution in [0.15, 0.2) is 18.2 Å². The van der Waals surface area contributed by atoms with Gasteiger partial charge in [0, 0.05) is 19.2 Å². The van der Waals surface area contributed by atoms with Crippen LogP contribution < -0.4 is 14.4 Å². The van der Waals surface area contributed by atoms with Gasteiger partial charge in [0.2, 0.25) is 0 Å². The van der Waals surface area contributed by atoms with Gasteiger partial charge >= 0.3 is 0 Å². The predicted octanol–water partition coefficient (Wildman–Crippen LogP) is 0.846. The maximum absolute atomic E-state index is 6.05. The first kappa shape index (κ1) is 15.7. The topological polar surface area (TPSA) is 71.8 Å². The number of anilines is 1. The maximum atomic E-state index is 6.05. The molecule has 4 aliphatic rings. The second-order valence-corrected chi connectivity index (χ2v) is 6.98. The fourth-order valence-corrected chi connectivity index (χ4v) is 2.77. The maximum Gasteiger partial charge on any atom is 0.146 e. The Morgan fingerprint density at radius 2 is 1.36 bits per heavy atom. The molecule has 4 atom stereocenters. The fraction of sp³-hybridized carbons (Fsp3) is 0.667. The Balaban J connectivity index is 1.33. The van der Waals surface area contributed by atoms with E-state index in [4.69, 9.17) is 28.4 Å². The van der Waals surface area contributed by atoms with Crippen molar-refractivity contribution in [3.63, 3.8) is 0 Å². The zero-order valence-electron chi connectivity index (χ0n) is 14.1. The summed E-state index contributed by atoms with van der Waals surface area (Å²) in [5.41, 5.74) is 1.06. The minimum Gasteiger partial charge on any atom is -0.491 e. The molecule has 0 amide bonds. The summed E-state index contributed by atoms with van der Waals surface area (Å²) in [7, 11) is 0. The van der Waals surface area contributed by atoms with Crippen molar-refractivity contribution in [2.24, 2.45) is 0 Å². The molecular formula is C18H23NO6. The molecule has 7 heteroatoms. The molecule has 1 aromatic rings. The van der Waals surface area contributed by atoms with E-state index in [-0.39, 0.29) is 12.2 Å². The van der Waals surface area contributed by atoms with Crippen LogP contribution in [0.2, 0.25) is 0 Å². The smallest absolute Gasteiger partial charge is 0.146 e. The van der Waals surface area contributed by atoms with E-state index in [1.165, 1.54) is 0 Å². The summed E-state index contributed by atoms with van der Waals surface area (Å²) in [6.45, 7) is 6.08. The molecule has 4 heterocycles. The van der Waals surface area contributed by atoms with Gasteiger partial charge in [-0.3, -0.25) is 0 Å². The van der Waals surface area contributed by atoms with E-state index in [0.717, 1.165) is 56.7 Å². The van der Waals surface area contributed by atoms with Gasteiger partial charge in [0.15, 0.2) is 0 Å². The molecule has 1 aromatic carbocycles. The van der Waals surface area contributed by atoms with Crippen molar-refractivity contribution in [3.05, 3.63) is 18.2 Å². The average molecular weight is 349 g/mol. The Hall–Kier alpha value is -1.54.